The molecule has 13 heavy (non-hydrogen) atoms. The topological polar surface area (TPSA) is 77.9 Å². The zero-order valence-electron chi connectivity index (χ0n) is 7.35. The first-order valence-electron chi connectivity index (χ1n) is 3.75. The van der Waals surface area contributed by atoms with Gasteiger partial charge in [0.15, 0.2) is 0 Å². The number of amides is 3. The summed E-state index contributed by atoms with van der Waals surface area (Å²) in [5.74, 6) is -1.65. The number of imide groups is 1. The molecule has 1 rings (SSSR count). The van der Waals surface area contributed by atoms with Crippen molar-refractivity contribution in [3.63, 3.8) is 0 Å². The maximum Gasteiger partial charge on any atom is 0.327 e. The molecule has 0 aliphatic carbocycles. The van der Waals surface area contributed by atoms with Crippen LogP contribution in [0.2, 0.25) is 0 Å². The predicted molar refractivity (Wildman–Crippen MR) is 42.0 cm³/mol. The van der Waals surface area contributed by atoms with E-state index in [1.165, 1.54) is 18.9 Å². The van der Waals surface area contributed by atoms with Crippen molar-refractivity contribution in [1.29, 1.82) is 0 Å². The smallest absolute Gasteiger partial charge is 0.327 e. The lowest BCUT2D eigenvalue weighted by molar-refractivity contribution is -0.145. The summed E-state index contributed by atoms with van der Waals surface area (Å²) in [6, 6.07) is -1.65. The fraction of sp³-hybridized carbons (Fsp3) is 0.571. The van der Waals surface area contributed by atoms with Gasteiger partial charge in [0.25, 0.3) is 5.91 Å². The average molecular weight is 186 g/mol. The Bertz CT molecular complexity index is 276. The molecule has 0 bridgehead atoms. The summed E-state index contributed by atoms with van der Waals surface area (Å²) in [4.78, 5) is 34.8. The maximum absolute atomic E-state index is 11.2. The highest BCUT2D eigenvalue weighted by atomic mass is 16.4. The summed E-state index contributed by atoms with van der Waals surface area (Å²) in [7, 11) is 1.45. The van der Waals surface area contributed by atoms with Gasteiger partial charge in [0.1, 0.15) is 12.6 Å². The molecule has 1 saturated heterocycles. The van der Waals surface area contributed by atoms with Crippen molar-refractivity contribution in [2.45, 2.75) is 13.0 Å². The van der Waals surface area contributed by atoms with Gasteiger partial charge in [0, 0.05) is 7.05 Å². The molecule has 6 nitrogen and oxygen atoms in total. The molecule has 0 spiro atoms. The first-order chi connectivity index (χ1) is 5.95. The SMILES string of the molecule is C[C@@H](C(=O)O)N1C(=O)CN(C)C1=O. The molecule has 72 valence electrons. The molecule has 0 aromatic heterocycles. The number of aliphatic carboxylic acids is 1. The Morgan fingerprint density at radius 1 is 1.54 bits per heavy atom. The van der Waals surface area contributed by atoms with Gasteiger partial charge in [-0.05, 0) is 6.92 Å². The minimum Gasteiger partial charge on any atom is -0.480 e. The molecule has 1 atom stereocenters. The van der Waals surface area contributed by atoms with Crippen molar-refractivity contribution in [1.82, 2.24) is 9.80 Å². The highest BCUT2D eigenvalue weighted by Gasteiger charge is 2.39. The van der Waals surface area contributed by atoms with Crippen molar-refractivity contribution in [3.8, 4) is 0 Å². The third-order valence-electron chi connectivity index (χ3n) is 1.92. The van der Waals surface area contributed by atoms with Crippen LogP contribution in [0.5, 0.6) is 0 Å². The first kappa shape index (κ1) is 9.50. The number of carboxylic acids is 1. The van der Waals surface area contributed by atoms with E-state index in [0.29, 0.717) is 0 Å². The molecule has 3 amide bonds. The summed E-state index contributed by atoms with van der Waals surface area (Å²) in [6.45, 7) is 1.26. The molecule has 0 unspecified atom stereocenters. The second-order valence-electron chi connectivity index (χ2n) is 2.92. The lowest BCUT2D eigenvalue weighted by atomic mass is 10.3. The van der Waals surface area contributed by atoms with Gasteiger partial charge in [-0.15, -0.1) is 0 Å². The molecule has 1 heterocycles. The Labute approximate surface area is 74.7 Å². The zero-order valence-corrected chi connectivity index (χ0v) is 7.35. The number of hydrogen-bond acceptors (Lipinski definition) is 3. The third kappa shape index (κ3) is 1.47. The van der Waals surface area contributed by atoms with Crippen LogP contribution < -0.4 is 0 Å². The van der Waals surface area contributed by atoms with Crippen molar-refractivity contribution in [2.75, 3.05) is 13.6 Å². The van der Waals surface area contributed by atoms with Crippen LogP contribution in [0.25, 0.3) is 0 Å². The molecule has 1 N–H and O–H groups in total. The van der Waals surface area contributed by atoms with Crippen molar-refractivity contribution >= 4 is 17.9 Å². The molecular weight excluding hydrogens is 176 g/mol. The van der Waals surface area contributed by atoms with Gasteiger partial charge >= 0.3 is 12.0 Å². The highest BCUT2D eigenvalue weighted by Crippen LogP contribution is 2.11. The lowest BCUT2D eigenvalue weighted by Gasteiger charge is -2.17. The van der Waals surface area contributed by atoms with E-state index in [2.05, 4.69) is 0 Å². The standard InChI is InChI=1S/C7H10N2O4/c1-4(6(11)12)9-5(10)3-8(2)7(9)13/h4H,3H2,1-2H3,(H,11,12)/t4-/m0/s1. The van der Waals surface area contributed by atoms with Crippen LogP contribution in [0.1, 0.15) is 6.92 Å². The minimum atomic E-state index is -1.18. The molecule has 0 aromatic rings. The number of carboxylic acid groups (broad SMARTS) is 1. The van der Waals surface area contributed by atoms with Gasteiger partial charge in [-0.25, -0.2) is 14.5 Å². The third-order valence-corrected chi connectivity index (χ3v) is 1.92. The number of rotatable bonds is 2. The van der Waals surface area contributed by atoms with Gasteiger partial charge in [-0.3, -0.25) is 4.79 Å². The van der Waals surface area contributed by atoms with E-state index in [9.17, 15) is 14.4 Å². The fourth-order valence-electron chi connectivity index (χ4n) is 1.13. The summed E-state index contributed by atoms with van der Waals surface area (Å²) in [5.41, 5.74) is 0. The predicted octanol–water partition coefficient (Wildman–Crippen LogP) is -0.646. The highest BCUT2D eigenvalue weighted by molar-refractivity contribution is 6.04. The quantitative estimate of drug-likeness (QED) is 0.581. The molecule has 0 radical (unpaired) electrons. The molecule has 6 heteroatoms. The second-order valence-corrected chi connectivity index (χ2v) is 2.92. The van der Waals surface area contributed by atoms with E-state index in [4.69, 9.17) is 5.11 Å². The van der Waals surface area contributed by atoms with Crippen molar-refractivity contribution in [3.05, 3.63) is 0 Å². The van der Waals surface area contributed by atoms with E-state index < -0.39 is 23.9 Å². The number of hydrogen-bond donors (Lipinski definition) is 1. The number of carbonyl (C=O) groups is 3. The van der Waals surface area contributed by atoms with Gasteiger partial charge in [-0.1, -0.05) is 0 Å². The summed E-state index contributed by atoms with van der Waals surface area (Å²) in [6.07, 6.45) is 0. The number of carbonyl (C=O) groups excluding carboxylic acids is 2. The number of likely N-dealkylation sites (N-methyl/N-ethyl adjacent to an activating group) is 1. The van der Waals surface area contributed by atoms with Crippen LogP contribution in [-0.4, -0.2) is 52.4 Å². The van der Waals surface area contributed by atoms with Gasteiger partial charge in [0.05, 0.1) is 0 Å². The van der Waals surface area contributed by atoms with Crippen LogP contribution in [0.3, 0.4) is 0 Å². The Morgan fingerprint density at radius 3 is 2.38 bits per heavy atom. The fourth-order valence-corrected chi connectivity index (χ4v) is 1.13. The molecule has 0 saturated carbocycles. The second kappa shape index (κ2) is 3.04. The minimum absolute atomic E-state index is 0.0452. The van der Waals surface area contributed by atoms with Crippen LogP contribution >= 0.6 is 0 Å². The van der Waals surface area contributed by atoms with E-state index in [-0.39, 0.29) is 6.54 Å². The average Bonchev–Trinajstić information content (AvgIpc) is 2.26. The van der Waals surface area contributed by atoms with Crippen LogP contribution in [0.4, 0.5) is 4.79 Å². The van der Waals surface area contributed by atoms with Crippen molar-refractivity contribution < 1.29 is 19.5 Å². The Balaban J connectivity index is 2.86. The largest absolute Gasteiger partial charge is 0.480 e. The first-order valence-corrected chi connectivity index (χ1v) is 3.75. The van der Waals surface area contributed by atoms with Gasteiger partial charge in [0.2, 0.25) is 0 Å². The van der Waals surface area contributed by atoms with E-state index in [0.717, 1.165) is 4.90 Å². The Morgan fingerprint density at radius 2 is 2.08 bits per heavy atom. The summed E-state index contributed by atoms with van der Waals surface area (Å²) >= 11 is 0. The molecule has 0 aromatic carbocycles. The van der Waals surface area contributed by atoms with E-state index in [1.54, 1.807) is 0 Å². The number of nitrogens with zero attached hydrogens (tertiary/aromatic N) is 2. The summed E-state index contributed by atoms with van der Waals surface area (Å²) < 4.78 is 0. The van der Waals surface area contributed by atoms with Crippen LogP contribution in [0, 0.1) is 0 Å². The maximum atomic E-state index is 11.2. The van der Waals surface area contributed by atoms with Gasteiger partial charge < -0.3 is 10.0 Å². The normalized spacial score (nSPS) is 19.5. The molecule has 1 aliphatic heterocycles. The molecule has 1 fully saturated rings. The van der Waals surface area contributed by atoms with Crippen LogP contribution in [-0.2, 0) is 9.59 Å². The van der Waals surface area contributed by atoms with Crippen molar-refractivity contribution in [2.24, 2.45) is 0 Å². The van der Waals surface area contributed by atoms with E-state index in [1.807, 2.05) is 0 Å². The van der Waals surface area contributed by atoms with E-state index >= 15 is 0 Å². The lowest BCUT2D eigenvalue weighted by Crippen LogP contribution is -2.43. The zero-order chi connectivity index (χ0) is 10.2. The molecular formula is C7H10N2O4. The number of urea groups is 1. The Hall–Kier alpha value is -1.59. The Kier molecular flexibility index (Phi) is 2.22. The summed E-state index contributed by atoms with van der Waals surface area (Å²) in [5, 5.41) is 8.60. The van der Waals surface area contributed by atoms with Gasteiger partial charge in [-0.2, -0.15) is 0 Å². The molecule has 1 aliphatic rings. The monoisotopic (exact) mass is 186 g/mol. The van der Waals surface area contributed by atoms with Crippen LogP contribution in [0.15, 0.2) is 0 Å².